The van der Waals surface area contributed by atoms with E-state index >= 15 is 0 Å². The number of pyridine rings is 1. The molecular weight excluding hydrogens is 356 g/mol. The molecule has 1 unspecified atom stereocenters. The molecule has 1 aromatic heterocycles. The highest BCUT2D eigenvalue weighted by Gasteiger charge is 2.46. The smallest absolute Gasteiger partial charge is 0.295 e. The first-order valence-corrected chi connectivity index (χ1v) is 9.42. The molecule has 1 aliphatic heterocycles. The highest BCUT2D eigenvalue weighted by molar-refractivity contribution is 6.46. The summed E-state index contributed by atoms with van der Waals surface area (Å²) in [5.41, 5.74) is 1.04. The number of Topliss-reactive ketones (excluding diaryl/α,β-unsaturated/α-hetero) is 1. The number of aliphatic hydroxyl groups excluding tert-OH is 1. The predicted molar refractivity (Wildman–Crippen MR) is 106 cm³/mol. The molecule has 0 saturated carbocycles. The molecule has 6 heteroatoms. The second kappa shape index (κ2) is 8.69. The third kappa shape index (κ3) is 3.76. The maximum absolute atomic E-state index is 12.8. The number of hydrogen-bond acceptors (Lipinski definition) is 5. The number of hydrogen-bond donors (Lipinski definition) is 1. The first kappa shape index (κ1) is 19.6. The summed E-state index contributed by atoms with van der Waals surface area (Å²) >= 11 is 0. The number of ketones is 1. The first-order chi connectivity index (χ1) is 13.6. The van der Waals surface area contributed by atoms with Crippen LogP contribution in [-0.2, 0) is 9.59 Å². The largest absolute Gasteiger partial charge is 0.507 e. The van der Waals surface area contributed by atoms with E-state index in [4.69, 9.17) is 4.74 Å². The molecule has 1 aliphatic rings. The fraction of sp³-hybridized carbons (Fsp3) is 0.318. The van der Waals surface area contributed by atoms with E-state index in [0.717, 1.165) is 19.3 Å². The molecule has 3 rings (SSSR count). The lowest BCUT2D eigenvalue weighted by molar-refractivity contribution is -0.140. The van der Waals surface area contributed by atoms with E-state index in [-0.39, 0.29) is 11.3 Å². The zero-order valence-electron chi connectivity index (χ0n) is 16.1. The number of nitrogens with zero attached hydrogens (tertiary/aromatic N) is 2. The second-order valence-electron chi connectivity index (χ2n) is 6.69. The van der Waals surface area contributed by atoms with E-state index in [1.54, 1.807) is 48.7 Å². The number of carbonyl (C=O) groups excluding carboxylic acids is 2. The Morgan fingerprint density at radius 1 is 1.18 bits per heavy atom. The fourth-order valence-electron chi connectivity index (χ4n) is 3.41. The number of unbranched alkanes of at least 4 members (excludes halogenated alkanes) is 2. The number of methoxy groups -OCH3 is 1. The van der Waals surface area contributed by atoms with Gasteiger partial charge in [0.2, 0.25) is 0 Å². The van der Waals surface area contributed by atoms with Crippen molar-refractivity contribution in [3.63, 3.8) is 0 Å². The molecule has 1 amide bonds. The van der Waals surface area contributed by atoms with Crippen LogP contribution in [0, 0.1) is 0 Å². The summed E-state index contributed by atoms with van der Waals surface area (Å²) < 4.78 is 5.21. The summed E-state index contributed by atoms with van der Waals surface area (Å²) in [4.78, 5) is 31.4. The molecule has 0 radical (unpaired) electrons. The number of ether oxygens (including phenoxy) is 1. The van der Waals surface area contributed by atoms with Crippen LogP contribution in [-0.4, -0.2) is 40.3 Å². The SMILES string of the molecule is CCCCCN1C(=O)C(=O)/C(=C(\O)c2cccc(OC)c2)C1c1ccccn1. The standard InChI is InChI=1S/C22H24N2O4/c1-3-4-7-13-24-19(17-11-5-6-12-23-17)18(21(26)22(24)27)20(25)15-9-8-10-16(14-15)28-2/h5-6,8-12,14,19,25H,3-4,7,13H2,1-2H3/b20-18-. The van der Waals surface area contributed by atoms with Crippen molar-refractivity contribution in [1.82, 2.24) is 9.88 Å². The Hall–Kier alpha value is -3.15. The Bertz CT molecular complexity index is 892. The van der Waals surface area contributed by atoms with Gasteiger partial charge in [-0.1, -0.05) is 38.0 Å². The van der Waals surface area contributed by atoms with Crippen molar-refractivity contribution >= 4 is 17.4 Å². The Morgan fingerprint density at radius 2 is 2.00 bits per heavy atom. The predicted octanol–water partition coefficient (Wildman–Crippen LogP) is 3.70. The quantitative estimate of drug-likeness (QED) is 0.343. The fourth-order valence-corrected chi connectivity index (χ4v) is 3.41. The third-order valence-corrected chi connectivity index (χ3v) is 4.85. The van der Waals surface area contributed by atoms with Gasteiger partial charge in [0, 0.05) is 18.3 Å². The van der Waals surface area contributed by atoms with Crippen molar-refractivity contribution in [3.05, 3.63) is 65.5 Å². The van der Waals surface area contributed by atoms with Gasteiger partial charge in [-0.25, -0.2) is 0 Å². The van der Waals surface area contributed by atoms with Gasteiger partial charge in [-0.15, -0.1) is 0 Å². The minimum Gasteiger partial charge on any atom is -0.507 e. The van der Waals surface area contributed by atoms with Crippen molar-refractivity contribution in [2.75, 3.05) is 13.7 Å². The van der Waals surface area contributed by atoms with Crippen molar-refractivity contribution in [2.24, 2.45) is 0 Å². The Labute approximate surface area is 164 Å². The van der Waals surface area contributed by atoms with Gasteiger partial charge in [-0.3, -0.25) is 14.6 Å². The molecule has 1 saturated heterocycles. The number of rotatable bonds is 7. The number of likely N-dealkylation sites (tertiary alicyclic amines) is 1. The van der Waals surface area contributed by atoms with Gasteiger partial charge >= 0.3 is 0 Å². The maximum atomic E-state index is 12.8. The Balaban J connectivity index is 2.10. The number of benzene rings is 1. The molecule has 0 aliphatic carbocycles. The van der Waals surface area contributed by atoms with Gasteiger partial charge in [0.1, 0.15) is 17.6 Å². The maximum Gasteiger partial charge on any atom is 0.295 e. The Morgan fingerprint density at radius 3 is 2.68 bits per heavy atom. The molecule has 2 aromatic rings. The van der Waals surface area contributed by atoms with Crippen LogP contribution in [0.4, 0.5) is 0 Å². The van der Waals surface area contributed by atoms with E-state index < -0.39 is 17.7 Å². The molecule has 1 aromatic carbocycles. The van der Waals surface area contributed by atoms with E-state index in [1.807, 2.05) is 0 Å². The molecule has 1 atom stereocenters. The highest BCUT2D eigenvalue weighted by Crippen LogP contribution is 2.39. The second-order valence-corrected chi connectivity index (χ2v) is 6.69. The van der Waals surface area contributed by atoms with Crippen molar-refractivity contribution < 1.29 is 19.4 Å². The van der Waals surface area contributed by atoms with Crippen LogP contribution >= 0.6 is 0 Å². The van der Waals surface area contributed by atoms with Gasteiger partial charge in [-0.05, 0) is 30.7 Å². The van der Waals surface area contributed by atoms with Crippen LogP contribution in [0.15, 0.2) is 54.2 Å². The van der Waals surface area contributed by atoms with Crippen LogP contribution in [0.1, 0.15) is 43.5 Å². The average Bonchev–Trinajstić information content (AvgIpc) is 2.99. The van der Waals surface area contributed by atoms with Gasteiger partial charge in [-0.2, -0.15) is 0 Å². The summed E-state index contributed by atoms with van der Waals surface area (Å²) in [6, 6.07) is 11.4. The van der Waals surface area contributed by atoms with Crippen molar-refractivity contribution in [3.8, 4) is 5.75 Å². The molecule has 146 valence electrons. The van der Waals surface area contributed by atoms with E-state index in [2.05, 4.69) is 11.9 Å². The van der Waals surface area contributed by atoms with Gasteiger partial charge in [0.15, 0.2) is 0 Å². The highest BCUT2D eigenvalue weighted by atomic mass is 16.5. The van der Waals surface area contributed by atoms with E-state index in [0.29, 0.717) is 23.6 Å². The molecule has 2 heterocycles. The zero-order chi connectivity index (χ0) is 20.1. The molecule has 1 N–H and O–H groups in total. The molecular formula is C22H24N2O4. The topological polar surface area (TPSA) is 79.7 Å². The van der Waals surface area contributed by atoms with Gasteiger partial charge < -0.3 is 14.7 Å². The van der Waals surface area contributed by atoms with E-state index in [9.17, 15) is 14.7 Å². The number of carbonyl (C=O) groups is 2. The van der Waals surface area contributed by atoms with Gasteiger partial charge in [0.25, 0.3) is 11.7 Å². The van der Waals surface area contributed by atoms with Crippen LogP contribution in [0.2, 0.25) is 0 Å². The molecule has 6 nitrogen and oxygen atoms in total. The monoisotopic (exact) mass is 380 g/mol. The molecule has 0 bridgehead atoms. The lowest BCUT2D eigenvalue weighted by Gasteiger charge is -2.24. The normalized spacial score (nSPS) is 18.5. The van der Waals surface area contributed by atoms with Crippen LogP contribution < -0.4 is 4.74 Å². The number of amides is 1. The minimum atomic E-state index is -0.704. The van der Waals surface area contributed by atoms with Crippen LogP contribution in [0.5, 0.6) is 5.75 Å². The first-order valence-electron chi connectivity index (χ1n) is 9.42. The van der Waals surface area contributed by atoms with Crippen molar-refractivity contribution in [2.45, 2.75) is 32.2 Å². The lowest BCUT2D eigenvalue weighted by atomic mass is 9.98. The molecule has 1 fully saturated rings. The van der Waals surface area contributed by atoms with Crippen LogP contribution in [0.3, 0.4) is 0 Å². The molecule has 28 heavy (non-hydrogen) atoms. The third-order valence-electron chi connectivity index (χ3n) is 4.85. The molecule has 0 spiro atoms. The zero-order valence-corrected chi connectivity index (χ0v) is 16.1. The summed E-state index contributed by atoms with van der Waals surface area (Å²) in [7, 11) is 1.53. The average molecular weight is 380 g/mol. The number of aliphatic hydroxyl groups is 1. The summed E-state index contributed by atoms with van der Waals surface area (Å²) in [6.07, 6.45) is 4.36. The lowest BCUT2D eigenvalue weighted by Crippen LogP contribution is -2.31. The summed E-state index contributed by atoms with van der Waals surface area (Å²) in [5.74, 6) is -0.954. The summed E-state index contributed by atoms with van der Waals surface area (Å²) in [6.45, 7) is 2.52. The Kier molecular flexibility index (Phi) is 6.09. The van der Waals surface area contributed by atoms with E-state index in [1.165, 1.54) is 12.0 Å². The summed E-state index contributed by atoms with van der Waals surface area (Å²) in [5, 5.41) is 10.9. The van der Waals surface area contributed by atoms with Crippen molar-refractivity contribution in [1.29, 1.82) is 0 Å². The van der Waals surface area contributed by atoms with Crippen LogP contribution in [0.25, 0.3) is 5.76 Å². The number of aromatic nitrogens is 1. The minimum absolute atomic E-state index is 0.0634. The van der Waals surface area contributed by atoms with Gasteiger partial charge in [0.05, 0.1) is 18.4 Å².